The van der Waals surface area contributed by atoms with Gasteiger partial charge in [0.25, 0.3) is 0 Å². The van der Waals surface area contributed by atoms with Crippen molar-refractivity contribution >= 4 is 45.0 Å². The number of carbonyl (C=O) groups excluding carboxylic acids is 2. The van der Waals surface area contributed by atoms with Crippen molar-refractivity contribution in [3.05, 3.63) is 63.6 Å². The number of sulfonamides is 1. The van der Waals surface area contributed by atoms with Gasteiger partial charge < -0.3 is 20.9 Å². The first-order valence-corrected chi connectivity index (χ1v) is 17.8. The molecular weight excluding hydrogens is 621 g/mol. The lowest BCUT2D eigenvalue weighted by Crippen LogP contribution is -2.47. The molecule has 3 N–H and O–H groups in total. The highest BCUT2D eigenvalue weighted by Crippen LogP contribution is 2.32. The molecule has 2 aliphatic rings. The van der Waals surface area contributed by atoms with Crippen LogP contribution in [0.3, 0.4) is 0 Å². The third-order valence-electron chi connectivity index (χ3n) is 8.71. The molecule has 12 heteroatoms. The Morgan fingerprint density at radius 1 is 0.909 bits per heavy atom. The minimum atomic E-state index is -4.16. The normalized spacial score (nSPS) is 16.6. The molecule has 2 aromatic carbocycles. The molecule has 2 saturated heterocycles. The number of rotatable bonds is 14. The third-order valence-corrected chi connectivity index (χ3v) is 11.6. The highest BCUT2D eigenvalue weighted by Gasteiger charge is 2.30. The molecule has 44 heavy (non-hydrogen) atoms. The Bertz CT molecular complexity index is 1350. The van der Waals surface area contributed by atoms with Crippen LogP contribution in [0.4, 0.5) is 0 Å². The van der Waals surface area contributed by atoms with Crippen LogP contribution >= 0.6 is 23.2 Å². The van der Waals surface area contributed by atoms with Gasteiger partial charge in [-0.05, 0) is 107 Å². The van der Waals surface area contributed by atoms with Gasteiger partial charge in [0.15, 0.2) is 0 Å². The molecule has 2 aromatic rings. The van der Waals surface area contributed by atoms with Crippen molar-refractivity contribution in [3.63, 3.8) is 0 Å². The maximum absolute atomic E-state index is 13.8. The number of halogens is 2. The monoisotopic (exact) mass is 665 g/mol. The van der Waals surface area contributed by atoms with Gasteiger partial charge in [-0.3, -0.25) is 9.59 Å². The molecule has 2 amide bonds. The van der Waals surface area contributed by atoms with Crippen LogP contribution in [0.5, 0.6) is 0 Å². The highest BCUT2D eigenvalue weighted by molar-refractivity contribution is 7.89. The fourth-order valence-electron chi connectivity index (χ4n) is 5.86. The lowest BCUT2D eigenvalue weighted by Gasteiger charge is -2.32. The minimum Gasteiger partial charge on any atom is -0.346 e. The van der Waals surface area contributed by atoms with Gasteiger partial charge in [-0.1, -0.05) is 53.5 Å². The fourth-order valence-corrected chi connectivity index (χ4v) is 8.04. The van der Waals surface area contributed by atoms with Crippen LogP contribution in [0.1, 0.15) is 43.2 Å². The van der Waals surface area contributed by atoms with E-state index in [0.29, 0.717) is 41.9 Å². The van der Waals surface area contributed by atoms with E-state index in [-0.39, 0.29) is 28.9 Å². The van der Waals surface area contributed by atoms with Crippen LogP contribution < -0.4 is 16.0 Å². The molecule has 0 bridgehead atoms. The second-order valence-electron chi connectivity index (χ2n) is 11.9. The number of benzene rings is 2. The lowest BCUT2D eigenvalue weighted by atomic mass is 9.93. The van der Waals surface area contributed by atoms with Crippen molar-refractivity contribution in [2.75, 3.05) is 58.9 Å². The Hall–Kier alpha value is -2.21. The standard InChI is InChI=1S/C32H45Cl2N5O4S/c1-24-28(33)7-8-29(32(24)34)44(42,43)39(20-14-25-5-3-2-4-6-25)23-30(40)37-21-31(41)38(22-27-11-17-36-18-12-27)19-13-26-9-15-35-16-10-26/h2-8,26-27,35-36H,9-23H2,1H3,(H,37,40). The number of carbonyl (C=O) groups is 2. The molecule has 2 aliphatic heterocycles. The second-order valence-corrected chi connectivity index (χ2v) is 14.5. The minimum absolute atomic E-state index is 0.0279. The quantitative estimate of drug-likeness (QED) is 0.283. The summed E-state index contributed by atoms with van der Waals surface area (Å²) in [6, 6.07) is 12.3. The van der Waals surface area contributed by atoms with Gasteiger partial charge in [-0.2, -0.15) is 4.31 Å². The summed E-state index contributed by atoms with van der Waals surface area (Å²) in [4.78, 5) is 28.5. The number of amides is 2. The SMILES string of the molecule is Cc1c(Cl)ccc(S(=O)(=O)N(CCc2ccccc2)CC(=O)NCC(=O)N(CCC2CCNCC2)CC2CCNCC2)c1Cl. The van der Waals surface area contributed by atoms with Crippen molar-refractivity contribution in [3.8, 4) is 0 Å². The van der Waals surface area contributed by atoms with Gasteiger partial charge >= 0.3 is 0 Å². The summed E-state index contributed by atoms with van der Waals surface area (Å²) in [6.45, 7) is 6.34. The number of hydrogen-bond acceptors (Lipinski definition) is 6. The fraction of sp³-hybridized carbons (Fsp3) is 0.562. The van der Waals surface area contributed by atoms with E-state index < -0.39 is 22.5 Å². The summed E-state index contributed by atoms with van der Waals surface area (Å²) >= 11 is 12.6. The zero-order valence-electron chi connectivity index (χ0n) is 25.5. The summed E-state index contributed by atoms with van der Waals surface area (Å²) in [5.41, 5.74) is 1.38. The molecule has 2 fully saturated rings. The maximum Gasteiger partial charge on any atom is 0.245 e. The van der Waals surface area contributed by atoms with Gasteiger partial charge in [0, 0.05) is 24.7 Å². The number of piperidine rings is 2. The first-order chi connectivity index (χ1) is 21.1. The predicted molar refractivity (Wildman–Crippen MR) is 175 cm³/mol. The molecule has 0 spiro atoms. The van der Waals surface area contributed by atoms with Crippen LogP contribution in [0.2, 0.25) is 10.0 Å². The van der Waals surface area contributed by atoms with E-state index in [0.717, 1.165) is 68.2 Å². The topological polar surface area (TPSA) is 111 Å². The zero-order chi connectivity index (χ0) is 31.5. The Balaban J connectivity index is 1.43. The average molecular weight is 667 g/mol. The van der Waals surface area contributed by atoms with E-state index in [4.69, 9.17) is 23.2 Å². The largest absolute Gasteiger partial charge is 0.346 e. The van der Waals surface area contributed by atoms with E-state index in [1.807, 2.05) is 35.2 Å². The van der Waals surface area contributed by atoms with Crippen molar-refractivity contribution in [2.45, 2.75) is 50.3 Å². The van der Waals surface area contributed by atoms with Crippen molar-refractivity contribution < 1.29 is 18.0 Å². The van der Waals surface area contributed by atoms with Gasteiger partial charge in [0.2, 0.25) is 21.8 Å². The van der Waals surface area contributed by atoms with E-state index >= 15 is 0 Å². The average Bonchev–Trinajstić information content (AvgIpc) is 3.04. The zero-order valence-corrected chi connectivity index (χ0v) is 27.8. The predicted octanol–water partition coefficient (Wildman–Crippen LogP) is 3.87. The van der Waals surface area contributed by atoms with Gasteiger partial charge in [-0.15, -0.1) is 0 Å². The van der Waals surface area contributed by atoms with E-state index in [1.165, 1.54) is 12.1 Å². The van der Waals surface area contributed by atoms with Crippen molar-refractivity contribution in [1.29, 1.82) is 0 Å². The van der Waals surface area contributed by atoms with Crippen molar-refractivity contribution in [1.82, 2.24) is 25.2 Å². The van der Waals surface area contributed by atoms with Gasteiger partial charge in [0.1, 0.15) is 4.90 Å². The molecule has 0 aliphatic carbocycles. The molecule has 9 nitrogen and oxygen atoms in total. The molecule has 242 valence electrons. The van der Waals surface area contributed by atoms with Crippen LogP contribution in [0, 0.1) is 18.8 Å². The molecule has 0 saturated carbocycles. The molecule has 4 rings (SSSR count). The summed E-state index contributed by atoms with van der Waals surface area (Å²) in [6.07, 6.45) is 5.60. The number of nitrogens with one attached hydrogen (secondary N) is 3. The molecule has 0 aromatic heterocycles. The first-order valence-electron chi connectivity index (χ1n) is 15.6. The number of nitrogens with zero attached hydrogens (tertiary/aromatic N) is 2. The maximum atomic E-state index is 13.8. The molecule has 0 atom stereocenters. The smallest absolute Gasteiger partial charge is 0.245 e. The Morgan fingerprint density at radius 2 is 1.55 bits per heavy atom. The summed E-state index contributed by atoms with van der Waals surface area (Å²) < 4.78 is 28.7. The van der Waals surface area contributed by atoms with Crippen LogP contribution in [-0.2, 0) is 26.0 Å². The van der Waals surface area contributed by atoms with Gasteiger partial charge in [-0.25, -0.2) is 8.42 Å². The van der Waals surface area contributed by atoms with E-state index in [9.17, 15) is 18.0 Å². The summed E-state index contributed by atoms with van der Waals surface area (Å²) in [7, 11) is -4.16. The Morgan fingerprint density at radius 3 is 2.20 bits per heavy atom. The highest BCUT2D eigenvalue weighted by atomic mass is 35.5. The lowest BCUT2D eigenvalue weighted by molar-refractivity contribution is -0.133. The first kappa shape index (κ1) is 34.7. The Labute approximate surface area is 272 Å². The molecule has 0 radical (unpaired) electrons. The van der Waals surface area contributed by atoms with E-state index in [1.54, 1.807) is 6.92 Å². The molecule has 0 unspecified atom stereocenters. The second kappa shape index (κ2) is 16.9. The number of hydrogen-bond donors (Lipinski definition) is 3. The summed E-state index contributed by atoms with van der Waals surface area (Å²) in [5.74, 6) is 0.328. The van der Waals surface area contributed by atoms with Crippen LogP contribution in [0.25, 0.3) is 0 Å². The summed E-state index contributed by atoms with van der Waals surface area (Å²) in [5, 5.41) is 9.87. The van der Waals surface area contributed by atoms with Crippen molar-refractivity contribution in [2.24, 2.45) is 11.8 Å². The van der Waals surface area contributed by atoms with E-state index in [2.05, 4.69) is 16.0 Å². The Kier molecular flexibility index (Phi) is 13.3. The molecular formula is C32H45Cl2N5O4S. The molecule has 2 heterocycles. The van der Waals surface area contributed by atoms with Crippen LogP contribution in [-0.4, -0.2) is 88.3 Å². The van der Waals surface area contributed by atoms with Gasteiger partial charge in [0.05, 0.1) is 18.1 Å². The van der Waals surface area contributed by atoms with Crippen LogP contribution in [0.15, 0.2) is 47.4 Å². The third kappa shape index (κ3) is 9.89.